The van der Waals surface area contributed by atoms with Gasteiger partial charge < -0.3 is 4.57 Å². The van der Waals surface area contributed by atoms with Crippen LogP contribution >= 0.6 is 0 Å². The molecule has 0 radical (unpaired) electrons. The van der Waals surface area contributed by atoms with E-state index >= 15 is 0 Å². The van der Waals surface area contributed by atoms with Gasteiger partial charge in [-0.3, -0.25) is 4.98 Å². The lowest BCUT2D eigenvalue weighted by Crippen LogP contribution is -1.96. The summed E-state index contributed by atoms with van der Waals surface area (Å²) in [5.41, 5.74) is 10.9. The second kappa shape index (κ2) is 8.27. The Labute approximate surface area is 204 Å². The van der Waals surface area contributed by atoms with Gasteiger partial charge in [-0.2, -0.15) is 5.26 Å². The first-order valence-corrected chi connectivity index (χ1v) is 11.7. The minimum atomic E-state index is 0.632. The molecule has 3 heteroatoms. The Balaban J connectivity index is 1.62. The van der Waals surface area contributed by atoms with Crippen molar-refractivity contribution in [1.82, 2.24) is 9.55 Å². The second-order valence-corrected chi connectivity index (χ2v) is 9.02. The molecule has 6 rings (SSSR count). The van der Waals surface area contributed by atoms with Crippen LogP contribution in [-0.2, 0) is 0 Å². The molecule has 0 aliphatic rings. The molecular formula is C32H23N3. The first-order valence-electron chi connectivity index (χ1n) is 11.7. The van der Waals surface area contributed by atoms with Crippen LogP contribution in [0.2, 0.25) is 0 Å². The van der Waals surface area contributed by atoms with Crippen LogP contribution in [-0.4, -0.2) is 9.55 Å². The highest BCUT2D eigenvalue weighted by Gasteiger charge is 2.15. The maximum Gasteiger partial charge on any atom is 0.0992 e. The van der Waals surface area contributed by atoms with Crippen molar-refractivity contribution in [1.29, 1.82) is 5.26 Å². The summed E-state index contributed by atoms with van der Waals surface area (Å²) in [7, 11) is 0. The summed E-state index contributed by atoms with van der Waals surface area (Å²) in [6.07, 6.45) is 3.56. The predicted molar refractivity (Wildman–Crippen MR) is 144 cm³/mol. The van der Waals surface area contributed by atoms with Crippen LogP contribution in [0.25, 0.3) is 49.7 Å². The van der Waals surface area contributed by atoms with Crippen molar-refractivity contribution in [2.24, 2.45) is 0 Å². The number of hydrogen-bond acceptors (Lipinski definition) is 2. The molecular weight excluding hydrogens is 426 g/mol. The Morgan fingerprint density at radius 1 is 0.686 bits per heavy atom. The Bertz CT molecular complexity index is 1770. The number of para-hydroxylation sites is 1. The van der Waals surface area contributed by atoms with E-state index in [1.165, 1.54) is 33.0 Å². The lowest BCUT2D eigenvalue weighted by Gasteiger charge is -2.12. The van der Waals surface area contributed by atoms with Crippen LogP contribution in [0.5, 0.6) is 0 Å². The summed E-state index contributed by atoms with van der Waals surface area (Å²) < 4.78 is 2.27. The summed E-state index contributed by atoms with van der Waals surface area (Å²) in [6, 6.07) is 34.2. The summed E-state index contributed by atoms with van der Waals surface area (Å²) in [5.74, 6) is 0. The highest BCUT2D eigenvalue weighted by atomic mass is 15.0. The number of rotatable bonds is 3. The van der Waals surface area contributed by atoms with Gasteiger partial charge in [-0.05, 0) is 90.2 Å². The van der Waals surface area contributed by atoms with E-state index in [1.807, 2.05) is 24.3 Å². The molecule has 35 heavy (non-hydrogen) atoms. The first kappa shape index (κ1) is 20.9. The highest BCUT2D eigenvalue weighted by molar-refractivity contribution is 6.10. The van der Waals surface area contributed by atoms with Crippen LogP contribution in [0.1, 0.15) is 16.7 Å². The number of aromatic nitrogens is 2. The molecule has 4 aromatic carbocycles. The van der Waals surface area contributed by atoms with E-state index < -0.39 is 0 Å². The fraction of sp³-hybridized carbons (Fsp3) is 0.0625. The fourth-order valence-electron chi connectivity index (χ4n) is 5.07. The number of pyridine rings is 1. The van der Waals surface area contributed by atoms with Crippen molar-refractivity contribution >= 4 is 21.8 Å². The van der Waals surface area contributed by atoms with Gasteiger partial charge in [0, 0.05) is 28.9 Å². The molecule has 6 aromatic rings. The molecule has 3 nitrogen and oxygen atoms in total. The molecule has 0 aliphatic carbocycles. The van der Waals surface area contributed by atoms with Gasteiger partial charge in [-0.25, -0.2) is 0 Å². The molecule has 0 saturated carbocycles. The SMILES string of the molecule is Cc1ccc(-c2ccc3c(c2)c2ccccc2n3-c2cc(C#N)cc(-c3ccncc3)c2)c(C)c1. The largest absolute Gasteiger partial charge is 0.309 e. The van der Waals surface area contributed by atoms with Gasteiger partial charge in [-0.1, -0.05) is 48.0 Å². The topological polar surface area (TPSA) is 41.6 Å². The third-order valence-electron chi connectivity index (χ3n) is 6.68. The predicted octanol–water partition coefficient (Wildman–Crippen LogP) is 8.00. The van der Waals surface area contributed by atoms with Crippen molar-refractivity contribution in [3.63, 3.8) is 0 Å². The number of fused-ring (bicyclic) bond motifs is 3. The van der Waals surface area contributed by atoms with Crippen molar-refractivity contribution < 1.29 is 0 Å². The van der Waals surface area contributed by atoms with Gasteiger partial charge in [0.2, 0.25) is 0 Å². The molecule has 0 unspecified atom stereocenters. The quantitative estimate of drug-likeness (QED) is 0.275. The van der Waals surface area contributed by atoms with Gasteiger partial charge in [0.1, 0.15) is 0 Å². The lowest BCUT2D eigenvalue weighted by atomic mass is 9.97. The molecule has 0 aliphatic heterocycles. The Kier molecular flexibility index (Phi) is 4.94. The summed E-state index contributed by atoms with van der Waals surface area (Å²) in [5, 5.41) is 12.2. The molecule has 0 bridgehead atoms. The average Bonchev–Trinajstić information content (AvgIpc) is 3.22. The second-order valence-electron chi connectivity index (χ2n) is 9.02. The Morgan fingerprint density at radius 2 is 1.49 bits per heavy atom. The molecule has 0 amide bonds. The molecule has 0 spiro atoms. The number of hydrogen-bond donors (Lipinski definition) is 0. The van der Waals surface area contributed by atoms with E-state index in [-0.39, 0.29) is 0 Å². The van der Waals surface area contributed by atoms with Crippen molar-refractivity contribution in [3.8, 4) is 34.0 Å². The van der Waals surface area contributed by atoms with Gasteiger partial charge in [0.25, 0.3) is 0 Å². The Morgan fingerprint density at radius 3 is 2.29 bits per heavy atom. The van der Waals surface area contributed by atoms with Gasteiger partial charge in [-0.15, -0.1) is 0 Å². The van der Waals surface area contributed by atoms with Crippen molar-refractivity contribution in [2.75, 3.05) is 0 Å². The molecule has 166 valence electrons. The normalized spacial score (nSPS) is 11.1. The number of aryl methyl sites for hydroxylation is 2. The van der Waals surface area contributed by atoms with Crippen LogP contribution in [0.3, 0.4) is 0 Å². The van der Waals surface area contributed by atoms with Crippen molar-refractivity contribution in [3.05, 3.63) is 120 Å². The maximum absolute atomic E-state index is 9.79. The summed E-state index contributed by atoms with van der Waals surface area (Å²) in [6.45, 7) is 4.30. The fourth-order valence-corrected chi connectivity index (χ4v) is 5.07. The summed E-state index contributed by atoms with van der Waals surface area (Å²) >= 11 is 0. The van der Waals surface area contributed by atoms with Crippen LogP contribution in [0.4, 0.5) is 0 Å². The molecule has 0 atom stereocenters. The van der Waals surface area contributed by atoms with Gasteiger partial charge in [0.05, 0.1) is 22.7 Å². The van der Waals surface area contributed by atoms with Crippen LogP contribution in [0, 0.1) is 25.2 Å². The summed E-state index contributed by atoms with van der Waals surface area (Å²) in [4.78, 5) is 4.14. The van der Waals surface area contributed by atoms with E-state index in [4.69, 9.17) is 0 Å². The number of nitriles is 1. The average molecular weight is 450 g/mol. The maximum atomic E-state index is 9.79. The molecule has 0 N–H and O–H groups in total. The first-order chi connectivity index (χ1) is 17.1. The third kappa shape index (κ3) is 3.57. The molecule has 2 aromatic heterocycles. The standard InChI is InChI=1S/C32H23N3/c1-21-7-9-28(22(2)15-21)25-8-10-32-30(19-25)29-5-3-4-6-31(29)35(32)27-17-23(20-33)16-26(18-27)24-11-13-34-14-12-24/h3-19H,1-2H3. The minimum Gasteiger partial charge on any atom is -0.309 e. The molecule has 0 fully saturated rings. The van der Waals surface area contributed by atoms with E-state index in [9.17, 15) is 5.26 Å². The smallest absolute Gasteiger partial charge is 0.0992 e. The van der Waals surface area contributed by atoms with Gasteiger partial charge >= 0.3 is 0 Å². The zero-order valence-corrected chi connectivity index (χ0v) is 19.7. The third-order valence-corrected chi connectivity index (χ3v) is 6.68. The van der Waals surface area contributed by atoms with Crippen LogP contribution < -0.4 is 0 Å². The van der Waals surface area contributed by atoms with E-state index in [1.54, 1.807) is 12.4 Å². The molecule has 0 saturated heterocycles. The number of nitrogens with zero attached hydrogens (tertiary/aromatic N) is 3. The number of benzene rings is 4. The van der Waals surface area contributed by atoms with Gasteiger partial charge in [0.15, 0.2) is 0 Å². The molecule has 2 heterocycles. The van der Waals surface area contributed by atoms with E-state index in [2.05, 4.69) is 96.2 Å². The van der Waals surface area contributed by atoms with E-state index in [0.29, 0.717) is 5.56 Å². The highest BCUT2D eigenvalue weighted by Crippen LogP contribution is 2.36. The van der Waals surface area contributed by atoms with Crippen LogP contribution in [0.15, 0.2) is 103 Å². The zero-order valence-electron chi connectivity index (χ0n) is 19.7. The van der Waals surface area contributed by atoms with Crippen molar-refractivity contribution in [2.45, 2.75) is 13.8 Å². The minimum absolute atomic E-state index is 0.632. The Hall–Kier alpha value is -4.68. The van der Waals surface area contributed by atoms with E-state index in [0.717, 1.165) is 27.8 Å². The zero-order chi connectivity index (χ0) is 23.9. The monoisotopic (exact) mass is 449 g/mol. The lowest BCUT2D eigenvalue weighted by molar-refractivity contribution is 1.18.